The molecule has 3 aliphatic rings. The lowest BCUT2D eigenvalue weighted by molar-refractivity contribution is -0.140. The van der Waals surface area contributed by atoms with Crippen LogP contribution in [0.5, 0.6) is 5.75 Å². The van der Waals surface area contributed by atoms with Crippen molar-refractivity contribution in [3.8, 4) is 5.75 Å². The molecule has 1 aromatic carbocycles. The van der Waals surface area contributed by atoms with Gasteiger partial charge in [-0.3, -0.25) is 9.59 Å². The van der Waals surface area contributed by atoms with E-state index in [1.54, 1.807) is 23.0 Å². The number of halogens is 2. The molecule has 3 fully saturated rings. The van der Waals surface area contributed by atoms with Gasteiger partial charge in [-0.2, -0.15) is 8.78 Å². The van der Waals surface area contributed by atoms with Gasteiger partial charge < -0.3 is 19.3 Å². The molecule has 3 aliphatic heterocycles. The number of carbonyl (C=O) groups is 2. The van der Waals surface area contributed by atoms with Gasteiger partial charge in [0.2, 0.25) is 5.91 Å². The average Bonchev–Trinajstić information content (AvgIpc) is 2.91. The first-order chi connectivity index (χ1) is 12.5. The summed E-state index contributed by atoms with van der Waals surface area (Å²) in [5.74, 6) is -0.769. The van der Waals surface area contributed by atoms with Gasteiger partial charge in [0.1, 0.15) is 5.75 Å². The SMILES string of the molecule is COCCN1C(=O)[C@@H]2CC[C@H]1CN(C(=O)c1ccccc1OC(F)F)C2. The van der Waals surface area contributed by atoms with E-state index in [2.05, 4.69) is 4.74 Å². The standard InChI is InChI=1S/C18H22F2N2O4/c1-25-9-8-22-13-7-6-12(16(22)23)10-21(11-13)17(24)14-4-2-3-5-15(14)26-18(19)20/h2-5,12-13,18H,6-11H2,1H3/t12-,13+/m1/s1. The highest BCUT2D eigenvalue weighted by Crippen LogP contribution is 2.31. The molecule has 2 bridgehead atoms. The quantitative estimate of drug-likeness (QED) is 0.771. The van der Waals surface area contributed by atoms with Gasteiger partial charge in [-0.25, -0.2) is 0 Å². The van der Waals surface area contributed by atoms with E-state index in [-0.39, 0.29) is 35.1 Å². The number of para-hydroxylation sites is 1. The zero-order valence-corrected chi connectivity index (χ0v) is 14.6. The Morgan fingerprint density at radius 3 is 2.77 bits per heavy atom. The number of ether oxygens (including phenoxy) is 2. The second kappa shape index (κ2) is 7.99. The number of hydrogen-bond acceptors (Lipinski definition) is 4. The van der Waals surface area contributed by atoms with Gasteiger partial charge >= 0.3 is 6.61 Å². The van der Waals surface area contributed by atoms with Crippen molar-refractivity contribution in [1.82, 2.24) is 9.80 Å². The molecule has 6 nitrogen and oxygen atoms in total. The molecule has 0 radical (unpaired) electrons. The van der Waals surface area contributed by atoms with Crippen molar-refractivity contribution in [2.24, 2.45) is 5.92 Å². The number of fused-ring (bicyclic) bond motifs is 4. The molecular weight excluding hydrogens is 346 g/mol. The van der Waals surface area contributed by atoms with Crippen LogP contribution in [0.3, 0.4) is 0 Å². The van der Waals surface area contributed by atoms with E-state index in [1.807, 2.05) is 0 Å². The minimum atomic E-state index is -3.00. The molecule has 1 aromatic rings. The summed E-state index contributed by atoms with van der Waals surface area (Å²) in [6.45, 7) is -1.40. The van der Waals surface area contributed by atoms with Crippen molar-refractivity contribution >= 4 is 11.8 Å². The Balaban J connectivity index is 1.81. The summed E-state index contributed by atoms with van der Waals surface area (Å²) >= 11 is 0. The molecule has 26 heavy (non-hydrogen) atoms. The minimum Gasteiger partial charge on any atom is -0.434 e. The average molecular weight is 368 g/mol. The van der Waals surface area contributed by atoms with Crippen LogP contribution in [0.1, 0.15) is 23.2 Å². The van der Waals surface area contributed by atoms with E-state index in [0.29, 0.717) is 26.2 Å². The summed E-state index contributed by atoms with van der Waals surface area (Å²) in [5.41, 5.74) is 0.0880. The lowest BCUT2D eigenvalue weighted by Crippen LogP contribution is -2.49. The Kier molecular flexibility index (Phi) is 5.70. The number of hydrogen-bond donors (Lipinski definition) is 0. The lowest BCUT2D eigenvalue weighted by atomic mass is 9.94. The fourth-order valence-corrected chi connectivity index (χ4v) is 3.70. The van der Waals surface area contributed by atoms with Crippen LogP contribution in [0, 0.1) is 5.92 Å². The number of piperidine rings is 1. The summed E-state index contributed by atoms with van der Waals surface area (Å²) in [7, 11) is 1.58. The summed E-state index contributed by atoms with van der Waals surface area (Å²) < 4.78 is 34.8. The predicted octanol–water partition coefficient (Wildman–Crippen LogP) is 2.00. The molecular formula is C18H22F2N2O4. The molecule has 0 aromatic heterocycles. The van der Waals surface area contributed by atoms with Crippen molar-refractivity contribution in [3.05, 3.63) is 29.8 Å². The smallest absolute Gasteiger partial charge is 0.387 e. The number of methoxy groups -OCH3 is 1. The number of alkyl halides is 2. The summed E-state index contributed by atoms with van der Waals surface area (Å²) in [4.78, 5) is 29.0. The number of rotatable bonds is 6. The Labute approximate surface area is 150 Å². The van der Waals surface area contributed by atoms with Gasteiger partial charge in [-0.05, 0) is 25.0 Å². The van der Waals surface area contributed by atoms with E-state index in [0.717, 1.165) is 12.8 Å². The number of carbonyl (C=O) groups excluding carboxylic acids is 2. The van der Waals surface area contributed by atoms with E-state index < -0.39 is 6.61 Å². The molecule has 142 valence electrons. The molecule has 8 heteroatoms. The van der Waals surface area contributed by atoms with E-state index >= 15 is 0 Å². The van der Waals surface area contributed by atoms with Gasteiger partial charge in [0, 0.05) is 32.8 Å². The first-order valence-corrected chi connectivity index (χ1v) is 8.63. The zero-order chi connectivity index (χ0) is 18.7. The monoisotopic (exact) mass is 368 g/mol. The van der Waals surface area contributed by atoms with Crippen LogP contribution in [-0.2, 0) is 9.53 Å². The Hall–Kier alpha value is -2.22. The van der Waals surface area contributed by atoms with Gasteiger partial charge in [-0.1, -0.05) is 12.1 Å². The molecule has 2 amide bonds. The molecule has 0 spiro atoms. The largest absolute Gasteiger partial charge is 0.434 e. The first kappa shape index (κ1) is 18.6. The maximum absolute atomic E-state index is 12.9. The van der Waals surface area contributed by atoms with Gasteiger partial charge in [0.05, 0.1) is 18.1 Å². The van der Waals surface area contributed by atoms with Crippen molar-refractivity contribution in [2.75, 3.05) is 33.4 Å². The summed E-state index contributed by atoms with van der Waals surface area (Å²) in [5, 5.41) is 0. The third kappa shape index (κ3) is 3.80. The predicted molar refractivity (Wildman–Crippen MR) is 89.1 cm³/mol. The fraction of sp³-hybridized carbons (Fsp3) is 0.556. The Morgan fingerprint density at radius 1 is 1.27 bits per heavy atom. The van der Waals surface area contributed by atoms with Crippen molar-refractivity contribution in [3.63, 3.8) is 0 Å². The highest BCUT2D eigenvalue weighted by atomic mass is 19.3. The number of amides is 2. The van der Waals surface area contributed by atoms with Gasteiger partial charge in [0.25, 0.3) is 5.91 Å². The number of nitrogens with zero attached hydrogens (tertiary/aromatic N) is 2. The minimum absolute atomic E-state index is 0.0331. The van der Waals surface area contributed by atoms with Gasteiger partial charge in [-0.15, -0.1) is 0 Å². The zero-order valence-electron chi connectivity index (χ0n) is 14.6. The van der Waals surface area contributed by atoms with Crippen LogP contribution in [0.25, 0.3) is 0 Å². The highest BCUT2D eigenvalue weighted by Gasteiger charge is 2.42. The normalized spacial score (nSPS) is 22.7. The number of benzene rings is 1. The molecule has 3 heterocycles. The van der Waals surface area contributed by atoms with Crippen LogP contribution >= 0.6 is 0 Å². The highest BCUT2D eigenvalue weighted by molar-refractivity contribution is 5.97. The van der Waals surface area contributed by atoms with E-state index in [4.69, 9.17) is 4.74 Å². The van der Waals surface area contributed by atoms with Crippen molar-refractivity contribution < 1.29 is 27.8 Å². The third-order valence-corrected chi connectivity index (χ3v) is 4.95. The van der Waals surface area contributed by atoms with E-state index in [9.17, 15) is 18.4 Å². The maximum atomic E-state index is 12.9. The summed E-state index contributed by atoms with van der Waals surface area (Å²) in [6.07, 6.45) is 1.55. The fourth-order valence-electron chi connectivity index (χ4n) is 3.70. The lowest BCUT2D eigenvalue weighted by Gasteiger charge is -2.35. The van der Waals surface area contributed by atoms with Crippen molar-refractivity contribution in [2.45, 2.75) is 25.5 Å². The molecule has 0 aliphatic carbocycles. The molecule has 0 unspecified atom stereocenters. The molecule has 2 atom stereocenters. The summed E-state index contributed by atoms with van der Waals surface area (Å²) in [6, 6.07) is 5.88. The third-order valence-electron chi connectivity index (χ3n) is 4.95. The molecule has 0 N–H and O–H groups in total. The Morgan fingerprint density at radius 2 is 2.04 bits per heavy atom. The first-order valence-electron chi connectivity index (χ1n) is 8.63. The van der Waals surface area contributed by atoms with E-state index in [1.165, 1.54) is 18.2 Å². The van der Waals surface area contributed by atoms with Crippen LogP contribution < -0.4 is 4.74 Å². The van der Waals surface area contributed by atoms with Crippen LogP contribution in [0.2, 0.25) is 0 Å². The maximum Gasteiger partial charge on any atom is 0.387 e. The van der Waals surface area contributed by atoms with Gasteiger partial charge in [0.15, 0.2) is 0 Å². The van der Waals surface area contributed by atoms with Crippen LogP contribution in [0.15, 0.2) is 24.3 Å². The second-order valence-corrected chi connectivity index (χ2v) is 6.54. The van der Waals surface area contributed by atoms with Crippen LogP contribution in [-0.4, -0.2) is 67.6 Å². The topological polar surface area (TPSA) is 59.1 Å². The van der Waals surface area contributed by atoms with Crippen molar-refractivity contribution in [1.29, 1.82) is 0 Å². The Bertz CT molecular complexity index is 670. The van der Waals surface area contributed by atoms with Crippen LogP contribution in [0.4, 0.5) is 8.78 Å². The molecule has 4 rings (SSSR count). The molecule has 0 saturated carbocycles. The second-order valence-electron chi connectivity index (χ2n) is 6.54. The molecule has 3 saturated heterocycles.